The molecule has 0 aliphatic heterocycles. The molecular weight excluding hydrogens is 256 g/mol. The highest BCUT2D eigenvalue weighted by molar-refractivity contribution is 6.95. The Bertz CT molecular complexity index is 618. The van der Waals surface area contributed by atoms with E-state index in [2.05, 4.69) is 91.9 Å². The molecule has 97 valence electrons. The first-order valence-corrected chi connectivity index (χ1v) is 8.39. The Morgan fingerprint density at radius 2 is 0.900 bits per heavy atom. The minimum absolute atomic E-state index is 0.894. The molecule has 0 saturated carbocycles. The van der Waals surface area contributed by atoms with E-state index >= 15 is 0 Å². The van der Waals surface area contributed by atoms with Crippen LogP contribution < -0.4 is 15.6 Å². The van der Waals surface area contributed by atoms with E-state index in [0.29, 0.717) is 0 Å². The topological polar surface area (TPSA) is 0 Å². The predicted molar refractivity (Wildman–Crippen MR) is 88.7 cm³/mol. The van der Waals surface area contributed by atoms with Crippen molar-refractivity contribution in [2.24, 2.45) is 0 Å². The maximum Gasteiger partial charge on any atom is 0.154 e. The molecule has 0 unspecified atom stereocenters. The Balaban J connectivity index is 2.11. The molecule has 20 heavy (non-hydrogen) atoms. The zero-order valence-electron chi connectivity index (χ0n) is 11.6. The zero-order chi connectivity index (χ0) is 13.8. The summed E-state index contributed by atoms with van der Waals surface area (Å²) in [5.74, 6) is 0. The molecule has 3 rings (SSSR count). The Morgan fingerprint density at radius 3 is 1.35 bits per heavy atom. The maximum absolute atomic E-state index is 2.28. The van der Waals surface area contributed by atoms with Crippen LogP contribution in [0.4, 0.5) is 0 Å². The quantitative estimate of drug-likeness (QED) is 0.508. The monoisotopic (exact) mass is 273 g/mol. The number of hydrogen-bond acceptors (Lipinski definition) is 0. The van der Waals surface area contributed by atoms with Crippen molar-refractivity contribution in [3.8, 4) is 0 Å². The third-order valence-electron chi connectivity index (χ3n) is 3.47. The Labute approximate surface area is 122 Å². The first-order valence-electron chi connectivity index (χ1n) is 6.89. The van der Waals surface area contributed by atoms with E-state index in [0.717, 1.165) is 0 Å². The molecule has 0 nitrogen and oxygen atoms in total. The summed E-state index contributed by atoms with van der Waals surface area (Å²) < 4.78 is 0. The van der Waals surface area contributed by atoms with Crippen molar-refractivity contribution in [3.63, 3.8) is 0 Å². The summed E-state index contributed by atoms with van der Waals surface area (Å²) in [6.07, 6.45) is 0. The second-order valence-electron chi connectivity index (χ2n) is 4.97. The van der Waals surface area contributed by atoms with Gasteiger partial charge in [0.1, 0.15) is 0 Å². The maximum atomic E-state index is 2.28. The molecule has 3 aromatic carbocycles. The number of benzene rings is 3. The SMILES string of the molecule is Cc1ccc([Si](c2ccccc2)c2ccccc2)cc1. The molecule has 0 atom stereocenters. The van der Waals surface area contributed by atoms with Crippen LogP contribution in [0.5, 0.6) is 0 Å². The summed E-state index contributed by atoms with van der Waals surface area (Å²) >= 11 is 0. The average molecular weight is 273 g/mol. The largest absolute Gasteiger partial charge is 0.154 e. The summed E-state index contributed by atoms with van der Waals surface area (Å²) in [5.41, 5.74) is 1.32. The first-order chi connectivity index (χ1) is 9.84. The molecule has 3 aromatic rings. The van der Waals surface area contributed by atoms with Crippen LogP contribution >= 0.6 is 0 Å². The van der Waals surface area contributed by atoms with Crippen LogP contribution in [0.15, 0.2) is 84.9 Å². The molecule has 0 fully saturated rings. The van der Waals surface area contributed by atoms with E-state index in [1.807, 2.05) is 0 Å². The van der Waals surface area contributed by atoms with Gasteiger partial charge in [0.05, 0.1) is 0 Å². The van der Waals surface area contributed by atoms with E-state index in [1.165, 1.54) is 21.1 Å². The molecule has 0 amide bonds. The lowest BCUT2D eigenvalue weighted by atomic mass is 10.2. The summed E-state index contributed by atoms with van der Waals surface area (Å²) in [6.45, 7) is 2.14. The summed E-state index contributed by atoms with van der Waals surface area (Å²) in [5, 5.41) is 4.32. The predicted octanol–water partition coefficient (Wildman–Crippen LogP) is 2.51. The van der Waals surface area contributed by atoms with Gasteiger partial charge in [0.2, 0.25) is 0 Å². The Morgan fingerprint density at radius 1 is 0.500 bits per heavy atom. The fourth-order valence-corrected chi connectivity index (χ4v) is 4.98. The van der Waals surface area contributed by atoms with E-state index in [4.69, 9.17) is 0 Å². The van der Waals surface area contributed by atoms with Crippen molar-refractivity contribution >= 4 is 24.4 Å². The fraction of sp³-hybridized carbons (Fsp3) is 0.0526. The minimum atomic E-state index is -0.894. The lowest BCUT2D eigenvalue weighted by Crippen LogP contribution is -2.51. The molecule has 0 aromatic heterocycles. The van der Waals surface area contributed by atoms with Gasteiger partial charge in [0.25, 0.3) is 0 Å². The van der Waals surface area contributed by atoms with Gasteiger partial charge in [-0.3, -0.25) is 0 Å². The van der Waals surface area contributed by atoms with Crippen molar-refractivity contribution in [3.05, 3.63) is 90.5 Å². The average Bonchev–Trinajstić information content (AvgIpc) is 2.52. The van der Waals surface area contributed by atoms with Crippen molar-refractivity contribution in [1.29, 1.82) is 0 Å². The van der Waals surface area contributed by atoms with Gasteiger partial charge in [0.15, 0.2) is 8.80 Å². The fourth-order valence-electron chi connectivity index (χ4n) is 2.43. The van der Waals surface area contributed by atoms with Crippen LogP contribution in [-0.2, 0) is 0 Å². The zero-order valence-corrected chi connectivity index (χ0v) is 12.6. The van der Waals surface area contributed by atoms with Crippen molar-refractivity contribution in [2.75, 3.05) is 0 Å². The van der Waals surface area contributed by atoms with Crippen LogP contribution in [0.3, 0.4) is 0 Å². The summed E-state index contributed by atoms with van der Waals surface area (Å²) in [4.78, 5) is 0. The van der Waals surface area contributed by atoms with Gasteiger partial charge in [-0.25, -0.2) is 0 Å². The van der Waals surface area contributed by atoms with Crippen molar-refractivity contribution in [1.82, 2.24) is 0 Å². The molecule has 1 radical (unpaired) electrons. The van der Waals surface area contributed by atoms with Gasteiger partial charge in [-0.15, -0.1) is 0 Å². The molecule has 0 spiro atoms. The highest BCUT2D eigenvalue weighted by Crippen LogP contribution is 1.98. The van der Waals surface area contributed by atoms with E-state index in [-0.39, 0.29) is 0 Å². The third-order valence-corrected chi connectivity index (χ3v) is 6.20. The molecule has 0 aliphatic rings. The molecule has 0 heterocycles. The van der Waals surface area contributed by atoms with Gasteiger partial charge in [-0.2, -0.15) is 0 Å². The van der Waals surface area contributed by atoms with E-state index in [1.54, 1.807) is 0 Å². The Kier molecular flexibility index (Phi) is 3.80. The molecule has 0 saturated heterocycles. The van der Waals surface area contributed by atoms with Gasteiger partial charge in [0, 0.05) is 0 Å². The van der Waals surface area contributed by atoms with Crippen LogP contribution in [0.2, 0.25) is 0 Å². The van der Waals surface area contributed by atoms with E-state index in [9.17, 15) is 0 Å². The van der Waals surface area contributed by atoms with Crippen molar-refractivity contribution < 1.29 is 0 Å². The number of rotatable bonds is 3. The normalized spacial score (nSPS) is 10.7. The van der Waals surface area contributed by atoms with Gasteiger partial charge in [-0.05, 0) is 6.92 Å². The van der Waals surface area contributed by atoms with Gasteiger partial charge in [-0.1, -0.05) is 106 Å². The standard InChI is InChI=1S/C19H17Si/c1-16-12-14-19(15-13-16)20(17-8-4-2-5-9-17)18-10-6-3-7-11-18/h2-15H,1H3. The van der Waals surface area contributed by atoms with Gasteiger partial charge < -0.3 is 0 Å². The van der Waals surface area contributed by atoms with E-state index < -0.39 is 8.80 Å². The lowest BCUT2D eigenvalue weighted by Gasteiger charge is -2.16. The number of hydrogen-bond donors (Lipinski definition) is 0. The van der Waals surface area contributed by atoms with Crippen LogP contribution in [-0.4, -0.2) is 8.80 Å². The molecule has 0 aliphatic carbocycles. The first kappa shape index (κ1) is 12.9. The smallest absolute Gasteiger partial charge is 0.0624 e. The highest BCUT2D eigenvalue weighted by Gasteiger charge is 2.18. The second-order valence-corrected chi connectivity index (χ2v) is 7.46. The van der Waals surface area contributed by atoms with Crippen LogP contribution in [0.1, 0.15) is 5.56 Å². The summed E-state index contributed by atoms with van der Waals surface area (Å²) in [7, 11) is -0.894. The minimum Gasteiger partial charge on any atom is -0.0624 e. The second kappa shape index (κ2) is 5.89. The lowest BCUT2D eigenvalue weighted by molar-refractivity contribution is 1.49. The van der Waals surface area contributed by atoms with Gasteiger partial charge >= 0.3 is 0 Å². The molecule has 0 N–H and O–H groups in total. The number of aryl methyl sites for hydroxylation is 1. The molecule has 1 heteroatoms. The van der Waals surface area contributed by atoms with Crippen LogP contribution in [0, 0.1) is 6.92 Å². The summed E-state index contributed by atoms with van der Waals surface area (Å²) in [6, 6.07) is 30.7. The third kappa shape index (κ3) is 2.73. The Hall–Kier alpha value is -2.12. The molecular formula is C19H17Si. The van der Waals surface area contributed by atoms with Crippen LogP contribution in [0.25, 0.3) is 0 Å². The van der Waals surface area contributed by atoms with Crippen molar-refractivity contribution in [2.45, 2.75) is 6.92 Å². The molecule has 0 bridgehead atoms. The highest BCUT2D eigenvalue weighted by atomic mass is 28.3.